The number of benzene rings is 3. The first-order valence-corrected chi connectivity index (χ1v) is 14.9. The van der Waals surface area contributed by atoms with Crippen LogP contribution in [0, 0.1) is 0 Å². The van der Waals surface area contributed by atoms with Crippen molar-refractivity contribution in [2.45, 2.75) is 25.3 Å². The van der Waals surface area contributed by atoms with Gasteiger partial charge in [-0.05, 0) is 60.2 Å². The van der Waals surface area contributed by atoms with E-state index in [0.717, 1.165) is 6.26 Å². The van der Waals surface area contributed by atoms with Gasteiger partial charge in [-0.15, -0.1) is 0 Å². The van der Waals surface area contributed by atoms with Crippen LogP contribution in [0.3, 0.4) is 0 Å². The Morgan fingerprint density at radius 1 is 0.861 bits per heavy atom. The van der Waals surface area contributed by atoms with Crippen molar-refractivity contribution in [2.24, 2.45) is 0 Å². The fourth-order valence-corrected chi connectivity index (χ4v) is 6.12. The van der Waals surface area contributed by atoms with Crippen molar-refractivity contribution in [2.75, 3.05) is 29.0 Å². The lowest BCUT2D eigenvalue weighted by atomic mass is 10.1. The average Bonchev–Trinajstić information content (AvgIpc) is 2.84. The van der Waals surface area contributed by atoms with Crippen molar-refractivity contribution in [3.8, 4) is 0 Å². The number of nitrogens with zero attached hydrogens (tertiary/aromatic N) is 2. The van der Waals surface area contributed by atoms with Crippen molar-refractivity contribution < 1.29 is 21.6 Å². The summed E-state index contributed by atoms with van der Waals surface area (Å²) < 4.78 is 52.7. The molecule has 192 valence electrons. The average molecular weight is 550 g/mol. The zero-order valence-corrected chi connectivity index (χ0v) is 22.6. The molecule has 0 bridgehead atoms. The monoisotopic (exact) mass is 549 g/mol. The van der Waals surface area contributed by atoms with Gasteiger partial charge in [0.05, 0.1) is 23.4 Å². The Morgan fingerprint density at radius 3 is 1.97 bits per heavy atom. The molecule has 3 aromatic carbocycles. The molecule has 11 heteroatoms. The van der Waals surface area contributed by atoms with Crippen LogP contribution < -0.4 is 9.62 Å². The summed E-state index contributed by atoms with van der Waals surface area (Å²) in [6, 6.07) is 19.1. The molecule has 8 nitrogen and oxygen atoms in total. The highest BCUT2D eigenvalue weighted by Gasteiger charge is 2.22. The summed E-state index contributed by atoms with van der Waals surface area (Å²) in [5.74, 6) is -0.419. The number of rotatable bonds is 10. The molecular weight excluding hydrogens is 522 g/mol. The molecule has 0 heterocycles. The minimum absolute atomic E-state index is 0.0484. The molecule has 0 spiro atoms. The normalized spacial score (nSPS) is 11.9. The van der Waals surface area contributed by atoms with Crippen molar-refractivity contribution in [1.29, 1.82) is 0 Å². The molecule has 0 aliphatic heterocycles. The summed E-state index contributed by atoms with van der Waals surface area (Å²) in [5.41, 5.74) is 1.78. The van der Waals surface area contributed by atoms with Crippen LogP contribution >= 0.6 is 11.6 Å². The van der Waals surface area contributed by atoms with E-state index in [1.54, 1.807) is 50.2 Å². The molecule has 0 saturated heterocycles. The standard InChI is InChI=1S/C25H28ClN3O5S2/c1-4-28(5-2)36(33,34)23-16-12-21(13-17-23)27-25(30)19-10-14-22(15-11-19)29(35(3,31)32)18-20-8-6-7-9-24(20)26/h6-17H,4-5,18H2,1-3H3,(H,27,30). The van der Waals surface area contributed by atoms with Crippen LogP contribution in [0.1, 0.15) is 29.8 Å². The third kappa shape index (κ3) is 6.44. The number of halogens is 1. The molecule has 0 atom stereocenters. The molecule has 1 N–H and O–H groups in total. The van der Waals surface area contributed by atoms with E-state index in [4.69, 9.17) is 11.6 Å². The number of nitrogens with one attached hydrogen (secondary N) is 1. The van der Waals surface area contributed by atoms with Crippen LogP contribution in [0.2, 0.25) is 5.02 Å². The number of carbonyl (C=O) groups excluding carboxylic acids is 1. The van der Waals surface area contributed by atoms with Gasteiger partial charge in [-0.25, -0.2) is 16.8 Å². The fourth-order valence-electron chi connectivity index (χ4n) is 3.59. The Morgan fingerprint density at radius 2 is 1.44 bits per heavy atom. The number of carbonyl (C=O) groups is 1. The second-order valence-corrected chi connectivity index (χ2v) is 12.2. The molecule has 0 radical (unpaired) electrons. The maximum Gasteiger partial charge on any atom is 0.255 e. The molecule has 0 saturated carbocycles. The second kappa shape index (κ2) is 11.4. The zero-order valence-electron chi connectivity index (χ0n) is 20.2. The number of hydrogen-bond donors (Lipinski definition) is 1. The highest BCUT2D eigenvalue weighted by Crippen LogP contribution is 2.25. The van der Waals surface area contributed by atoms with Gasteiger partial charge in [-0.2, -0.15) is 4.31 Å². The van der Waals surface area contributed by atoms with Gasteiger partial charge in [0, 0.05) is 29.4 Å². The van der Waals surface area contributed by atoms with Gasteiger partial charge in [0.25, 0.3) is 5.91 Å². The van der Waals surface area contributed by atoms with Crippen molar-refractivity contribution in [1.82, 2.24) is 4.31 Å². The Bertz CT molecular complexity index is 1420. The van der Waals surface area contributed by atoms with Gasteiger partial charge < -0.3 is 5.32 Å². The number of amides is 1. The van der Waals surface area contributed by atoms with Crippen LogP contribution in [-0.4, -0.2) is 46.4 Å². The molecule has 0 unspecified atom stereocenters. The molecule has 3 aromatic rings. The summed E-state index contributed by atoms with van der Waals surface area (Å²) in [5, 5.41) is 3.18. The van der Waals surface area contributed by atoms with Gasteiger partial charge in [0.15, 0.2) is 0 Å². The Kier molecular flexibility index (Phi) is 8.78. The molecule has 36 heavy (non-hydrogen) atoms. The van der Waals surface area contributed by atoms with Crippen molar-refractivity contribution >= 4 is 48.9 Å². The molecule has 0 aliphatic rings. The van der Waals surface area contributed by atoms with E-state index in [1.165, 1.54) is 45.0 Å². The molecule has 0 aliphatic carbocycles. The molecule has 0 aromatic heterocycles. The summed E-state index contributed by atoms with van der Waals surface area (Å²) in [4.78, 5) is 12.9. The second-order valence-electron chi connectivity index (χ2n) is 7.98. The van der Waals surface area contributed by atoms with E-state index in [9.17, 15) is 21.6 Å². The fraction of sp³-hybridized carbons (Fsp3) is 0.240. The molecule has 1 amide bonds. The summed E-state index contributed by atoms with van der Waals surface area (Å²) in [7, 11) is -7.21. The van der Waals surface area contributed by atoms with Crippen molar-refractivity contribution in [3.63, 3.8) is 0 Å². The lowest BCUT2D eigenvalue weighted by molar-refractivity contribution is 0.102. The summed E-state index contributed by atoms with van der Waals surface area (Å²) in [6.07, 6.45) is 1.11. The SMILES string of the molecule is CCN(CC)S(=O)(=O)c1ccc(NC(=O)c2ccc(N(Cc3ccccc3Cl)S(C)(=O)=O)cc2)cc1. The quantitative estimate of drug-likeness (QED) is 0.398. The smallest absolute Gasteiger partial charge is 0.255 e. The van der Waals surface area contributed by atoms with Crippen LogP contribution in [0.4, 0.5) is 11.4 Å². The molecular formula is C25H28ClN3O5S2. The van der Waals surface area contributed by atoms with Gasteiger partial charge in [-0.3, -0.25) is 9.10 Å². The number of anilines is 2. The first kappa shape index (κ1) is 27.7. The maximum absolute atomic E-state index is 12.7. The van der Waals surface area contributed by atoms with Gasteiger partial charge in [-0.1, -0.05) is 43.6 Å². The largest absolute Gasteiger partial charge is 0.322 e. The number of sulfonamides is 2. The Balaban J connectivity index is 1.76. The Labute approximate surface area is 217 Å². The van der Waals surface area contributed by atoms with E-state index in [0.29, 0.717) is 40.6 Å². The van der Waals surface area contributed by atoms with E-state index in [-0.39, 0.29) is 11.4 Å². The molecule has 0 fully saturated rings. The minimum Gasteiger partial charge on any atom is -0.322 e. The first-order valence-electron chi connectivity index (χ1n) is 11.2. The topological polar surface area (TPSA) is 104 Å². The van der Waals surface area contributed by atoms with E-state index >= 15 is 0 Å². The van der Waals surface area contributed by atoms with Crippen LogP contribution in [-0.2, 0) is 26.6 Å². The van der Waals surface area contributed by atoms with E-state index < -0.39 is 26.0 Å². The molecule has 3 rings (SSSR count). The third-order valence-electron chi connectivity index (χ3n) is 5.54. The van der Waals surface area contributed by atoms with Gasteiger partial charge >= 0.3 is 0 Å². The highest BCUT2D eigenvalue weighted by molar-refractivity contribution is 7.92. The highest BCUT2D eigenvalue weighted by atomic mass is 35.5. The summed E-state index contributed by atoms with van der Waals surface area (Å²) in [6.45, 7) is 4.32. The first-order chi connectivity index (χ1) is 17.0. The minimum atomic E-state index is -3.62. The van der Waals surface area contributed by atoms with Gasteiger partial charge in [0.1, 0.15) is 0 Å². The predicted octanol–water partition coefficient (Wildman–Crippen LogP) is 4.59. The van der Waals surface area contributed by atoms with E-state index in [1.807, 2.05) is 0 Å². The maximum atomic E-state index is 12.7. The van der Waals surface area contributed by atoms with Crippen LogP contribution in [0.15, 0.2) is 77.7 Å². The van der Waals surface area contributed by atoms with Crippen molar-refractivity contribution in [3.05, 3.63) is 88.9 Å². The van der Waals surface area contributed by atoms with Gasteiger partial charge in [0.2, 0.25) is 20.0 Å². The lowest BCUT2D eigenvalue weighted by Gasteiger charge is -2.23. The third-order valence-corrected chi connectivity index (χ3v) is 9.12. The predicted molar refractivity (Wildman–Crippen MR) is 143 cm³/mol. The summed E-state index contributed by atoms with van der Waals surface area (Å²) >= 11 is 6.20. The Hall–Kier alpha value is -2.92. The van der Waals surface area contributed by atoms with Crippen LogP contribution in [0.25, 0.3) is 0 Å². The lowest BCUT2D eigenvalue weighted by Crippen LogP contribution is -2.30. The zero-order chi connectivity index (χ0) is 26.5. The van der Waals surface area contributed by atoms with E-state index in [2.05, 4.69) is 5.32 Å². The van der Waals surface area contributed by atoms with Crippen LogP contribution in [0.5, 0.6) is 0 Å². The number of hydrogen-bond acceptors (Lipinski definition) is 5.